The molecule has 0 saturated carbocycles. The van der Waals surface area contributed by atoms with Crippen molar-refractivity contribution < 1.29 is 9.66 Å². The van der Waals surface area contributed by atoms with Crippen LogP contribution in [0.1, 0.15) is 11.1 Å². The summed E-state index contributed by atoms with van der Waals surface area (Å²) < 4.78 is 6.68. The van der Waals surface area contributed by atoms with Crippen molar-refractivity contribution in [1.29, 1.82) is 0 Å². The number of aryl methyl sites for hydroxylation is 1. The van der Waals surface area contributed by atoms with Gasteiger partial charge in [0.05, 0.1) is 23.4 Å². The van der Waals surface area contributed by atoms with E-state index in [-0.39, 0.29) is 5.69 Å². The molecule has 6 heteroatoms. The van der Waals surface area contributed by atoms with Gasteiger partial charge >= 0.3 is 0 Å². The van der Waals surface area contributed by atoms with Gasteiger partial charge in [0.1, 0.15) is 0 Å². The van der Waals surface area contributed by atoms with Gasteiger partial charge in [-0.05, 0) is 19.1 Å². The number of nitro groups is 1. The Morgan fingerprint density at radius 2 is 2.28 bits per heavy atom. The summed E-state index contributed by atoms with van der Waals surface area (Å²) in [7, 11) is 1.62. The highest BCUT2D eigenvalue weighted by Gasteiger charge is 2.11. The molecule has 0 N–H and O–H groups in total. The predicted octanol–water partition coefficient (Wildman–Crippen LogP) is 2.24. The third-order valence-corrected chi connectivity index (χ3v) is 2.59. The van der Waals surface area contributed by atoms with Gasteiger partial charge in [0.2, 0.25) is 0 Å². The Morgan fingerprint density at radius 3 is 2.89 bits per heavy atom. The molecule has 0 atom stereocenters. The zero-order valence-electron chi connectivity index (χ0n) is 10.2. The summed E-state index contributed by atoms with van der Waals surface area (Å²) in [6.07, 6.45) is 3.55. The van der Waals surface area contributed by atoms with E-state index in [0.29, 0.717) is 12.2 Å². The van der Waals surface area contributed by atoms with Crippen molar-refractivity contribution in [1.82, 2.24) is 9.78 Å². The molecule has 0 saturated heterocycles. The molecule has 0 aliphatic rings. The maximum atomic E-state index is 10.7. The number of benzene rings is 1. The van der Waals surface area contributed by atoms with E-state index in [1.807, 2.05) is 6.20 Å². The first-order chi connectivity index (χ1) is 8.61. The van der Waals surface area contributed by atoms with E-state index in [0.717, 1.165) is 11.3 Å². The molecule has 18 heavy (non-hydrogen) atoms. The van der Waals surface area contributed by atoms with Crippen LogP contribution in [-0.2, 0) is 11.3 Å². The summed E-state index contributed by atoms with van der Waals surface area (Å²) in [6.45, 7) is 2.20. The van der Waals surface area contributed by atoms with Crippen molar-refractivity contribution in [2.45, 2.75) is 13.5 Å². The summed E-state index contributed by atoms with van der Waals surface area (Å²) in [4.78, 5) is 10.3. The number of nitro benzene ring substituents is 1. The van der Waals surface area contributed by atoms with Crippen molar-refractivity contribution in [3.8, 4) is 5.69 Å². The molecule has 0 aliphatic heterocycles. The molecule has 6 nitrogen and oxygen atoms in total. The highest BCUT2D eigenvalue weighted by molar-refractivity contribution is 5.47. The molecule has 1 heterocycles. The molecule has 0 spiro atoms. The lowest BCUT2D eigenvalue weighted by Crippen LogP contribution is -1.97. The zero-order chi connectivity index (χ0) is 13.1. The molecule has 0 radical (unpaired) electrons. The molecule has 1 aromatic heterocycles. The number of methoxy groups -OCH3 is 1. The van der Waals surface area contributed by atoms with Gasteiger partial charge in [0.25, 0.3) is 5.69 Å². The molecule has 0 amide bonds. The van der Waals surface area contributed by atoms with Crippen LogP contribution in [0.2, 0.25) is 0 Å². The highest BCUT2D eigenvalue weighted by atomic mass is 16.6. The minimum absolute atomic E-state index is 0.114. The second kappa shape index (κ2) is 4.97. The van der Waals surface area contributed by atoms with E-state index in [1.54, 1.807) is 37.0 Å². The third-order valence-electron chi connectivity index (χ3n) is 2.59. The Morgan fingerprint density at radius 1 is 1.50 bits per heavy atom. The van der Waals surface area contributed by atoms with Crippen LogP contribution in [0, 0.1) is 17.0 Å². The maximum Gasteiger partial charge on any atom is 0.272 e. The number of aromatic nitrogens is 2. The Bertz CT molecular complexity index is 578. The largest absolute Gasteiger partial charge is 0.380 e. The fourth-order valence-electron chi connectivity index (χ4n) is 1.73. The van der Waals surface area contributed by atoms with Gasteiger partial charge in [-0.1, -0.05) is 0 Å². The Labute approximate surface area is 104 Å². The summed E-state index contributed by atoms with van der Waals surface area (Å²) in [6, 6.07) is 4.90. The second-order valence-corrected chi connectivity index (χ2v) is 3.95. The zero-order valence-corrected chi connectivity index (χ0v) is 10.2. The summed E-state index contributed by atoms with van der Waals surface area (Å²) >= 11 is 0. The van der Waals surface area contributed by atoms with Crippen molar-refractivity contribution in [2.24, 2.45) is 0 Å². The van der Waals surface area contributed by atoms with Gasteiger partial charge in [-0.15, -0.1) is 0 Å². The van der Waals surface area contributed by atoms with E-state index >= 15 is 0 Å². The number of hydrogen-bond donors (Lipinski definition) is 0. The minimum Gasteiger partial charge on any atom is -0.380 e. The average molecular weight is 247 g/mol. The average Bonchev–Trinajstić information content (AvgIpc) is 2.77. The van der Waals surface area contributed by atoms with Crippen LogP contribution < -0.4 is 0 Å². The van der Waals surface area contributed by atoms with Crippen molar-refractivity contribution in [3.63, 3.8) is 0 Å². The van der Waals surface area contributed by atoms with E-state index in [1.165, 1.54) is 6.07 Å². The SMILES string of the molecule is COCc1cnn(-c2ccc([N+](=O)[O-])c(C)c2)c1. The third kappa shape index (κ3) is 2.38. The normalized spacial score (nSPS) is 10.6. The number of nitrogens with zero attached hydrogens (tertiary/aromatic N) is 3. The summed E-state index contributed by atoms with van der Waals surface area (Å²) in [5.74, 6) is 0. The molecule has 0 unspecified atom stereocenters. The van der Waals surface area contributed by atoms with E-state index in [2.05, 4.69) is 5.10 Å². The first-order valence-electron chi connectivity index (χ1n) is 5.39. The number of rotatable bonds is 4. The molecular weight excluding hydrogens is 234 g/mol. The van der Waals surface area contributed by atoms with Crippen LogP contribution in [0.25, 0.3) is 5.69 Å². The number of hydrogen-bond acceptors (Lipinski definition) is 4. The minimum atomic E-state index is -0.390. The second-order valence-electron chi connectivity index (χ2n) is 3.95. The molecule has 94 valence electrons. The van der Waals surface area contributed by atoms with Gasteiger partial charge in [0.15, 0.2) is 0 Å². The van der Waals surface area contributed by atoms with Crippen LogP contribution >= 0.6 is 0 Å². The van der Waals surface area contributed by atoms with Crippen molar-refractivity contribution in [3.05, 3.63) is 51.8 Å². The lowest BCUT2D eigenvalue weighted by atomic mass is 10.2. The van der Waals surface area contributed by atoms with Crippen LogP contribution in [0.4, 0.5) is 5.69 Å². The monoisotopic (exact) mass is 247 g/mol. The molecule has 2 aromatic rings. The Kier molecular flexibility index (Phi) is 3.38. The van der Waals surface area contributed by atoms with E-state index in [9.17, 15) is 10.1 Å². The van der Waals surface area contributed by atoms with Gasteiger partial charge in [-0.3, -0.25) is 10.1 Å². The number of ether oxygens (including phenoxy) is 1. The van der Waals surface area contributed by atoms with Crippen LogP contribution in [-0.4, -0.2) is 21.8 Å². The van der Waals surface area contributed by atoms with Crippen molar-refractivity contribution in [2.75, 3.05) is 7.11 Å². The first kappa shape index (κ1) is 12.3. The first-order valence-corrected chi connectivity index (χ1v) is 5.39. The molecular formula is C12H13N3O3. The fraction of sp³-hybridized carbons (Fsp3) is 0.250. The Balaban J connectivity index is 2.33. The Hall–Kier alpha value is -2.21. The quantitative estimate of drug-likeness (QED) is 0.613. The smallest absolute Gasteiger partial charge is 0.272 e. The lowest BCUT2D eigenvalue weighted by Gasteiger charge is -2.03. The van der Waals surface area contributed by atoms with Crippen LogP contribution in [0.5, 0.6) is 0 Å². The maximum absolute atomic E-state index is 10.7. The van der Waals surface area contributed by atoms with Crippen LogP contribution in [0.3, 0.4) is 0 Å². The molecule has 1 aromatic carbocycles. The van der Waals surface area contributed by atoms with E-state index in [4.69, 9.17) is 4.74 Å². The van der Waals surface area contributed by atoms with Crippen molar-refractivity contribution >= 4 is 5.69 Å². The lowest BCUT2D eigenvalue weighted by molar-refractivity contribution is -0.385. The van der Waals surface area contributed by atoms with Gasteiger partial charge < -0.3 is 4.74 Å². The standard InChI is InChI=1S/C12H13N3O3/c1-9-5-11(3-4-12(9)15(16)17)14-7-10(6-13-14)8-18-2/h3-7H,8H2,1-2H3. The molecule has 0 bridgehead atoms. The van der Waals surface area contributed by atoms with Gasteiger partial charge in [0, 0.05) is 30.5 Å². The van der Waals surface area contributed by atoms with Crippen LogP contribution in [0.15, 0.2) is 30.6 Å². The summed E-state index contributed by atoms with van der Waals surface area (Å²) in [5.41, 5.74) is 2.47. The highest BCUT2D eigenvalue weighted by Crippen LogP contribution is 2.20. The van der Waals surface area contributed by atoms with Gasteiger partial charge in [-0.25, -0.2) is 4.68 Å². The molecule has 0 aliphatic carbocycles. The molecule has 0 fully saturated rings. The van der Waals surface area contributed by atoms with Gasteiger partial charge in [-0.2, -0.15) is 5.10 Å². The van der Waals surface area contributed by atoms with E-state index < -0.39 is 4.92 Å². The topological polar surface area (TPSA) is 70.2 Å². The predicted molar refractivity (Wildman–Crippen MR) is 65.7 cm³/mol. The fourth-order valence-corrected chi connectivity index (χ4v) is 1.73. The summed E-state index contributed by atoms with van der Waals surface area (Å²) in [5, 5.41) is 14.9. The molecule has 2 rings (SSSR count).